The molecule has 0 aliphatic heterocycles. The molecule has 0 bridgehead atoms. The molecule has 1 aromatic carbocycles. The molecule has 0 saturated heterocycles. The van der Waals surface area contributed by atoms with Crippen LogP contribution in [0.25, 0.3) is 0 Å². The minimum atomic E-state index is 0. The van der Waals surface area contributed by atoms with Gasteiger partial charge in [0.05, 0.1) is 0 Å². The van der Waals surface area contributed by atoms with Crippen LogP contribution in [0.4, 0.5) is 0 Å². The Labute approximate surface area is 76.8 Å². The van der Waals surface area contributed by atoms with Crippen LogP contribution in [0.1, 0.15) is 0 Å². The van der Waals surface area contributed by atoms with Crippen LogP contribution in [0.5, 0.6) is 0 Å². The number of hydrogen-bond donors (Lipinski definition) is 0. The monoisotopic (exact) mass is 216 g/mol. The summed E-state index contributed by atoms with van der Waals surface area (Å²) in [6, 6.07) is 10.0. The van der Waals surface area contributed by atoms with Gasteiger partial charge in [0.1, 0.15) is 0 Å². The van der Waals surface area contributed by atoms with Crippen molar-refractivity contribution in [2.24, 2.45) is 0 Å². The van der Waals surface area contributed by atoms with E-state index in [4.69, 9.17) is 0 Å². The van der Waals surface area contributed by atoms with Gasteiger partial charge in [-0.1, -0.05) is 0 Å². The molecule has 0 spiro atoms. The third-order valence-corrected chi connectivity index (χ3v) is 0.556. The van der Waals surface area contributed by atoms with E-state index in [0.29, 0.717) is 0 Å². The number of rotatable bonds is 0. The Morgan fingerprint density at radius 1 is 1.00 bits per heavy atom. The van der Waals surface area contributed by atoms with E-state index < -0.39 is 0 Å². The smallest absolute Gasteiger partial charge is 1.00 e. The van der Waals surface area contributed by atoms with Crippen molar-refractivity contribution in [3.05, 3.63) is 30.3 Å². The van der Waals surface area contributed by atoms with E-state index in [-0.39, 0.29) is 47.0 Å². The molecule has 0 unspecified atom stereocenters. The van der Waals surface area contributed by atoms with Gasteiger partial charge in [-0.15, -0.1) is 0 Å². The Morgan fingerprint density at radius 3 is 1.57 bits per heavy atom. The third kappa shape index (κ3) is 4.70. The van der Waals surface area contributed by atoms with Gasteiger partial charge in [-0.2, -0.15) is 18.2 Å². The zero-order chi connectivity index (χ0) is 3.54. The van der Waals surface area contributed by atoms with Crippen molar-refractivity contribution in [1.82, 2.24) is 0 Å². The van der Waals surface area contributed by atoms with Crippen LogP contribution in [0.2, 0.25) is 0 Å². The van der Waals surface area contributed by atoms with Gasteiger partial charge in [-0.25, -0.2) is 12.1 Å². The van der Waals surface area contributed by atoms with Crippen LogP contribution >= 0.6 is 0 Å². The van der Waals surface area contributed by atoms with Gasteiger partial charge in [0, 0.05) is 0 Å². The van der Waals surface area contributed by atoms with Crippen molar-refractivity contribution in [2.45, 2.75) is 0 Å². The molecule has 0 fully saturated rings. The van der Waals surface area contributed by atoms with Crippen LogP contribution in [-0.4, -0.2) is 23.1 Å². The molecule has 0 saturated carbocycles. The van der Waals surface area contributed by atoms with E-state index in [9.17, 15) is 0 Å². The molecule has 2 heteroatoms. The van der Waals surface area contributed by atoms with Crippen molar-refractivity contribution < 1.29 is 24.0 Å². The summed E-state index contributed by atoms with van der Waals surface area (Å²) >= 11 is 0. The fourth-order valence-electron chi connectivity index (χ4n) is 0.321. The standard InChI is InChI=1S/C5H5.HI.Mg/c1-2-4-5-3-1;;/h1-5H;1H;/q-1;;+2/p-1. The molecule has 0 amide bonds. The van der Waals surface area contributed by atoms with Crippen molar-refractivity contribution in [2.75, 3.05) is 0 Å². The van der Waals surface area contributed by atoms with Crippen molar-refractivity contribution in [3.63, 3.8) is 0 Å². The van der Waals surface area contributed by atoms with Crippen molar-refractivity contribution in [1.29, 1.82) is 0 Å². The molecule has 0 heterocycles. The maximum absolute atomic E-state index is 2.00. The molecule has 0 nitrogen and oxygen atoms in total. The maximum Gasteiger partial charge on any atom is 2.00 e. The van der Waals surface area contributed by atoms with Gasteiger partial charge in [0.2, 0.25) is 0 Å². The Hall–Kier alpha value is 0.846. The Kier molecular flexibility index (Phi) is 10.5. The van der Waals surface area contributed by atoms with Gasteiger partial charge < -0.3 is 24.0 Å². The van der Waals surface area contributed by atoms with Gasteiger partial charge >= 0.3 is 23.1 Å². The van der Waals surface area contributed by atoms with Crippen LogP contribution in [-0.2, 0) is 0 Å². The van der Waals surface area contributed by atoms with E-state index in [1.54, 1.807) is 0 Å². The van der Waals surface area contributed by atoms with Gasteiger partial charge in [0.25, 0.3) is 0 Å². The average Bonchev–Trinajstić information content (AvgIpc) is 1.76. The molecule has 0 aliphatic rings. The van der Waals surface area contributed by atoms with E-state index in [0.717, 1.165) is 0 Å². The number of hydrogen-bond acceptors (Lipinski definition) is 0. The summed E-state index contributed by atoms with van der Waals surface area (Å²) in [5.74, 6) is 0. The Morgan fingerprint density at radius 2 is 1.43 bits per heavy atom. The first-order valence-electron chi connectivity index (χ1n) is 1.67. The normalized spacial score (nSPS) is 5.71. The van der Waals surface area contributed by atoms with Gasteiger partial charge in [-0.3, -0.25) is 0 Å². The van der Waals surface area contributed by atoms with Crippen LogP contribution in [0.3, 0.4) is 0 Å². The topological polar surface area (TPSA) is 0 Å². The minimum absolute atomic E-state index is 0. The molecule has 7 heavy (non-hydrogen) atoms. The molecular weight excluding hydrogens is 211 g/mol. The predicted octanol–water partition coefficient (Wildman–Crippen LogP) is -1.97. The second-order valence-electron chi connectivity index (χ2n) is 0.962. The second kappa shape index (κ2) is 6.85. The summed E-state index contributed by atoms with van der Waals surface area (Å²) < 4.78 is 0. The molecule has 0 aromatic heterocycles. The molecule has 1 rings (SSSR count). The molecule has 0 aliphatic carbocycles. The van der Waals surface area contributed by atoms with Gasteiger partial charge in [-0.05, 0) is 0 Å². The quantitative estimate of drug-likeness (QED) is 0.268. The van der Waals surface area contributed by atoms with Crippen LogP contribution < -0.4 is 24.0 Å². The van der Waals surface area contributed by atoms with Crippen molar-refractivity contribution in [3.8, 4) is 0 Å². The largest absolute Gasteiger partial charge is 2.00 e. The van der Waals surface area contributed by atoms with Crippen LogP contribution in [0.15, 0.2) is 30.3 Å². The Balaban J connectivity index is 0. The SMILES string of the molecule is [I-].[Mg+2].c1cc[cH-]c1. The minimum Gasteiger partial charge on any atom is -1.00 e. The fourth-order valence-corrected chi connectivity index (χ4v) is 0.321. The zero-order valence-electron chi connectivity index (χ0n) is 3.97. The average molecular weight is 216 g/mol. The summed E-state index contributed by atoms with van der Waals surface area (Å²) in [5, 5.41) is 0. The summed E-state index contributed by atoms with van der Waals surface area (Å²) in [7, 11) is 0. The van der Waals surface area contributed by atoms with Gasteiger partial charge in [0.15, 0.2) is 0 Å². The second-order valence-corrected chi connectivity index (χ2v) is 0.962. The maximum atomic E-state index is 2.00. The van der Waals surface area contributed by atoms with E-state index in [1.807, 2.05) is 30.3 Å². The predicted molar refractivity (Wildman–Crippen MR) is 27.8 cm³/mol. The van der Waals surface area contributed by atoms with Crippen molar-refractivity contribution >= 4 is 23.1 Å². The zero-order valence-corrected chi connectivity index (χ0v) is 7.54. The number of halogens is 1. The summed E-state index contributed by atoms with van der Waals surface area (Å²) in [6.45, 7) is 0. The molecule has 1 aromatic rings. The van der Waals surface area contributed by atoms with Crippen LogP contribution in [0, 0.1) is 0 Å². The summed E-state index contributed by atoms with van der Waals surface area (Å²) in [5.41, 5.74) is 0. The van der Waals surface area contributed by atoms with E-state index in [2.05, 4.69) is 0 Å². The molecule has 0 radical (unpaired) electrons. The third-order valence-electron chi connectivity index (χ3n) is 0.556. The first-order chi connectivity index (χ1) is 2.50. The Bertz CT molecular complexity index is 64.6. The summed E-state index contributed by atoms with van der Waals surface area (Å²) in [6.07, 6.45) is 0. The molecule has 0 N–H and O–H groups in total. The molecule has 0 atom stereocenters. The van der Waals surface area contributed by atoms with E-state index >= 15 is 0 Å². The first-order valence-corrected chi connectivity index (χ1v) is 1.67. The first kappa shape index (κ1) is 10.8. The fraction of sp³-hybridized carbons (Fsp3) is 0. The molecule has 34 valence electrons. The molecular formula is C5H5IMg. The summed E-state index contributed by atoms with van der Waals surface area (Å²) in [4.78, 5) is 0. The van der Waals surface area contributed by atoms with E-state index in [1.165, 1.54) is 0 Å².